The molecule has 2 aromatic carbocycles. The molecule has 0 aliphatic carbocycles. The summed E-state index contributed by atoms with van der Waals surface area (Å²) >= 11 is 6.53. The molecule has 0 amide bonds. The summed E-state index contributed by atoms with van der Waals surface area (Å²) in [5.41, 5.74) is 3.45. The van der Waals surface area contributed by atoms with Crippen LogP contribution in [0, 0.1) is 0 Å². The minimum Gasteiger partial charge on any atom is -0.464 e. The molecule has 0 fully saturated rings. The Morgan fingerprint density at radius 1 is 1.00 bits per heavy atom. The number of nitrogens with zero attached hydrogens (tertiary/aromatic N) is 1. The van der Waals surface area contributed by atoms with E-state index in [1.54, 1.807) is 6.26 Å². The van der Waals surface area contributed by atoms with Gasteiger partial charge in [-0.2, -0.15) is 0 Å². The van der Waals surface area contributed by atoms with Gasteiger partial charge >= 0.3 is 0 Å². The van der Waals surface area contributed by atoms with Crippen molar-refractivity contribution in [2.45, 2.75) is 11.8 Å². The molecular formula is C17H12ClNO2. The Morgan fingerprint density at radius 3 is 2.62 bits per heavy atom. The van der Waals surface area contributed by atoms with Crippen LogP contribution in [0.3, 0.4) is 0 Å². The van der Waals surface area contributed by atoms with Gasteiger partial charge in [-0.15, -0.1) is 11.6 Å². The highest BCUT2D eigenvalue weighted by Crippen LogP contribution is 2.33. The second kappa shape index (κ2) is 4.93. The summed E-state index contributed by atoms with van der Waals surface area (Å²) in [5, 5.41) is 0.801. The number of hydrogen-bond acceptors (Lipinski definition) is 3. The number of halogens is 1. The summed E-state index contributed by atoms with van der Waals surface area (Å²) in [4.78, 5) is 4.46. The first-order chi connectivity index (χ1) is 10.3. The summed E-state index contributed by atoms with van der Waals surface area (Å²) in [6, 6.07) is 15.6. The van der Waals surface area contributed by atoms with E-state index in [9.17, 15) is 0 Å². The van der Waals surface area contributed by atoms with Gasteiger partial charge in [-0.3, -0.25) is 0 Å². The maximum absolute atomic E-state index is 6.53. The topological polar surface area (TPSA) is 39.2 Å². The van der Waals surface area contributed by atoms with Gasteiger partial charge in [0.15, 0.2) is 11.5 Å². The maximum Gasteiger partial charge on any atom is 0.197 e. The molecule has 1 unspecified atom stereocenters. The third kappa shape index (κ3) is 2.20. The van der Waals surface area contributed by atoms with Crippen LogP contribution in [-0.2, 0) is 6.42 Å². The van der Waals surface area contributed by atoms with E-state index in [2.05, 4.69) is 4.98 Å². The second-order valence-corrected chi connectivity index (χ2v) is 5.46. The van der Waals surface area contributed by atoms with Gasteiger partial charge in [-0.25, -0.2) is 4.98 Å². The van der Waals surface area contributed by atoms with Crippen molar-refractivity contribution in [3.8, 4) is 0 Å². The summed E-state index contributed by atoms with van der Waals surface area (Å²) in [5.74, 6) is 0.640. The molecule has 0 spiro atoms. The van der Waals surface area contributed by atoms with E-state index in [0.717, 1.165) is 27.6 Å². The summed E-state index contributed by atoms with van der Waals surface area (Å²) in [6.45, 7) is 0. The molecule has 1 atom stereocenters. The lowest BCUT2D eigenvalue weighted by molar-refractivity contribution is 0.523. The smallest absolute Gasteiger partial charge is 0.197 e. The highest BCUT2D eigenvalue weighted by molar-refractivity contribution is 6.21. The number of aromatic nitrogens is 1. The van der Waals surface area contributed by atoms with Crippen molar-refractivity contribution in [3.63, 3.8) is 0 Å². The first-order valence-corrected chi connectivity index (χ1v) is 7.19. The van der Waals surface area contributed by atoms with Crippen LogP contribution in [0.25, 0.3) is 22.1 Å². The van der Waals surface area contributed by atoms with Crippen LogP contribution in [0.2, 0.25) is 0 Å². The number of para-hydroxylation sites is 3. The molecule has 0 N–H and O–H groups in total. The molecule has 0 saturated carbocycles. The monoisotopic (exact) mass is 297 g/mol. The molecular weight excluding hydrogens is 286 g/mol. The predicted octanol–water partition coefficient (Wildman–Crippen LogP) is 5.10. The quantitative estimate of drug-likeness (QED) is 0.494. The molecule has 3 nitrogen and oxygen atoms in total. The minimum atomic E-state index is -0.235. The molecule has 4 aromatic rings. The Morgan fingerprint density at radius 2 is 1.76 bits per heavy atom. The van der Waals surface area contributed by atoms with Gasteiger partial charge in [0.05, 0.1) is 11.6 Å². The Hall–Kier alpha value is -2.26. The zero-order valence-corrected chi connectivity index (χ0v) is 11.9. The summed E-state index contributed by atoms with van der Waals surface area (Å²) < 4.78 is 11.3. The Balaban J connectivity index is 1.67. The number of benzene rings is 2. The average molecular weight is 298 g/mol. The van der Waals surface area contributed by atoms with Crippen LogP contribution >= 0.6 is 11.6 Å². The van der Waals surface area contributed by atoms with E-state index in [4.69, 9.17) is 20.4 Å². The molecule has 0 aliphatic rings. The minimum absolute atomic E-state index is 0.235. The normalized spacial score (nSPS) is 13.0. The lowest BCUT2D eigenvalue weighted by Crippen LogP contribution is -1.95. The fraction of sp³-hybridized carbons (Fsp3) is 0.118. The van der Waals surface area contributed by atoms with Crippen LogP contribution < -0.4 is 0 Å². The number of fused-ring (bicyclic) bond motifs is 2. The van der Waals surface area contributed by atoms with Gasteiger partial charge in [-0.1, -0.05) is 30.3 Å². The molecule has 104 valence electrons. The van der Waals surface area contributed by atoms with Crippen LogP contribution in [0.4, 0.5) is 0 Å². The van der Waals surface area contributed by atoms with Crippen LogP contribution in [-0.4, -0.2) is 4.98 Å². The number of rotatable bonds is 3. The van der Waals surface area contributed by atoms with Crippen LogP contribution in [0.1, 0.15) is 16.8 Å². The van der Waals surface area contributed by atoms with Crippen molar-refractivity contribution in [2.75, 3.05) is 0 Å². The molecule has 0 bridgehead atoms. The van der Waals surface area contributed by atoms with E-state index >= 15 is 0 Å². The molecule has 0 radical (unpaired) electrons. The maximum atomic E-state index is 6.53. The predicted molar refractivity (Wildman–Crippen MR) is 82.5 cm³/mol. The third-order valence-corrected chi connectivity index (χ3v) is 3.93. The van der Waals surface area contributed by atoms with Gasteiger partial charge in [0, 0.05) is 17.4 Å². The zero-order valence-electron chi connectivity index (χ0n) is 11.1. The van der Waals surface area contributed by atoms with E-state index in [1.165, 1.54) is 0 Å². The third-order valence-electron chi connectivity index (χ3n) is 3.54. The molecule has 0 saturated heterocycles. The summed E-state index contributed by atoms with van der Waals surface area (Å²) in [6.07, 6.45) is 2.24. The first kappa shape index (κ1) is 12.5. The van der Waals surface area contributed by atoms with Crippen molar-refractivity contribution in [2.24, 2.45) is 0 Å². The molecule has 2 heterocycles. The average Bonchev–Trinajstić information content (AvgIpc) is 3.10. The fourth-order valence-electron chi connectivity index (χ4n) is 2.51. The SMILES string of the molecule is ClC(Cc1nc2ccccc2o1)c1coc2ccccc12. The Kier molecular flexibility index (Phi) is 2.93. The van der Waals surface area contributed by atoms with Crippen molar-refractivity contribution in [3.05, 3.63) is 66.2 Å². The van der Waals surface area contributed by atoms with Crippen LogP contribution in [0.5, 0.6) is 0 Å². The zero-order chi connectivity index (χ0) is 14.2. The van der Waals surface area contributed by atoms with Crippen molar-refractivity contribution in [1.29, 1.82) is 0 Å². The van der Waals surface area contributed by atoms with Crippen molar-refractivity contribution >= 4 is 33.7 Å². The van der Waals surface area contributed by atoms with Gasteiger partial charge in [0.25, 0.3) is 0 Å². The largest absolute Gasteiger partial charge is 0.464 e. The molecule has 0 aliphatic heterocycles. The van der Waals surface area contributed by atoms with Crippen molar-refractivity contribution in [1.82, 2.24) is 4.98 Å². The number of furan rings is 1. The van der Waals surface area contributed by atoms with Crippen LogP contribution in [0.15, 0.2) is 63.6 Å². The van der Waals surface area contributed by atoms with E-state index in [0.29, 0.717) is 12.3 Å². The lowest BCUT2D eigenvalue weighted by atomic mass is 10.1. The number of alkyl halides is 1. The lowest BCUT2D eigenvalue weighted by Gasteiger charge is -2.04. The standard InChI is InChI=1S/C17H12ClNO2/c18-13(12-10-20-15-7-3-1-5-11(12)15)9-17-19-14-6-2-4-8-16(14)21-17/h1-8,10,13H,9H2. The molecule has 21 heavy (non-hydrogen) atoms. The Labute approximate surface area is 126 Å². The second-order valence-electron chi connectivity index (χ2n) is 4.93. The fourth-order valence-corrected chi connectivity index (χ4v) is 2.81. The van der Waals surface area contributed by atoms with Gasteiger partial charge in [0.1, 0.15) is 11.1 Å². The first-order valence-electron chi connectivity index (χ1n) is 6.76. The Bertz CT molecular complexity index is 876. The molecule has 2 aromatic heterocycles. The highest BCUT2D eigenvalue weighted by atomic mass is 35.5. The van der Waals surface area contributed by atoms with Crippen molar-refractivity contribution < 1.29 is 8.83 Å². The summed E-state index contributed by atoms with van der Waals surface area (Å²) in [7, 11) is 0. The van der Waals surface area contributed by atoms with Gasteiger partial charge < -0.3 is 8.83 Å². The number of hydrogen-bond donors (Lipinski definition) is 0. The highest BCUT2D eigenvalue weighted by Gasteiger charge is 2.18. The number of oxazole rings is 1. The van der Waals surface area contributed by atoms with Gasteiger partial charge in [0.2, 0.25) is 0 Å². The van der Waals surface area contributed by atoms with E-state index in [-0.39, 0.29) is 5.38 Å². The molecule has 4 rings (SSSR count). The molecule has 4 heteroatoms. The van der Waals surface area contributed by atoms with Gasteiger partial charge in [-0.05, 0) is 18.2 Å². The van der Waals surface area contributed by atoms with E-state index in [1.807, 2.05) is 48.5 Å². The van der Waals surface area contributed by atoms with E-state index < -0.39 is 0 Å².